The van der Waals surface area contributed by atoms with Gasteiger partial charge in [0.2, 0.25) is 0 Å². The molecule has 1 heterocycles. The number of carbonyl (C=O) groups is 2. The van der Waals surface area contributed by atoms with Crippen molar-refractivity contribution in [3.05, 3.63) is 100 Å². The Morgan fingerprint density at radius 2 is 1.74 bits per heavy atom. The quantitative estimate of drug-likeness (QED) is 0.287. The Hall–Kier alpha value is -4.07. The molecule has 180 valence electrons. The van der Waals surface area contributed by atoms with Gasteiger partial charge in [0.25, 0.3) is 5.91 Å². The Labute approximate surface area is 200 Å². The summed E-state index contributed by atoms with van der Waals surface area (Å²) in [5.41, 5.74) is 2.21. The summed E-state index contributed by atoms with van der Waals surface area (Å²) >= 11 is 0. The molecule has 0 saturated carbocycles. The molecule has 3 aromatic rings. The van der Waals surface area contributed by atoms with E-state index in [4.69, 9.17) is 4.74 Å². The standard InChI is InChI=1S/C27H23F3N2O3/c1-27(2)14-16-6-9-19(35-3)12-20(16)23(32-27)13-24(33)15-4-7-18(8-5-15)31-26(34)21-10-17(28)11-22(29)25(21)30/h4-13,32H,14H2,1-3H3,(H,31,34). The molecular weight excluding hydrogens is 457 g/mol. The minimum absolute atomic E-state index is 0.232. The van der Waals surface area contributed by atoms with Crippen LogP contribution in [0.4, 0.5) is 18.9 Å². The Kier molecular flexibility index (Phi) is 6.39. The van der Waals surface area contributed by atoms with Crippen LogP contribution in [0.2, 0.25) is 0 Å². The van der Waals surface area contributed by atoms with Crippen LogP contribution in [0.25, 0.3) is 5.70 Å². The molecule has 2 N–H and O–H groups in total. The zero-order valence-electron chi connectivity index (χ0n) is 19.3. The summed E-state index contributed by atoms with van der Waals surface area (Å²) in [6, 6.07) is 12.6. The number of rotatable bonds is 5. The van der Waals surface area contributed by atoms with E-state index in [0.29, 0.717) is 29.1 Å². The molecule has 4 rings (SSSR count). The highest BCUT2D eigenvalue weighted by Crippen LogP contribution is 2.32. The highest BCUT2D eigenvalue weighted by Gasteiger charge is 2.28. The molecule has 35 heavy (non-hydrogen) atoms. The average Bonchev–Trinajstić information content (AvgIpc) is 2.80. The molecule has 1 amide bonds. The van der Waals surface area contributed by atoms with Crippen molar-refractivity contribution in [3.63, 3.8) is 0 Å². The van der Waals surface area contributed by atoms with E-state index in [0.717, 1.165) is 17.5 Å². The lowest BCUT2D eigenvalue weighted by atomic mass is 9.85. The summed E-state index contributed by atoms with van der Waals surface area (Å²) in [6.07, 6.45) is 2.29. The molecular formula is C27H23F3N2O3. The van der Waals surface area contributed by atoms with Gasteiger partial charge < -0.3 is 15.4 Å². The Balaban J connectivity index is 1.55. The third-order valence-electron chi connectivity index (χ3n) is 5.65. The topological polar surface area (TPSA) is 67.4 Å². The lowest BCUT2D eigenvalue weighted by Gasteiger charge is -2.35. The maximum absolute atomic E-state index is 13.9. The first-order chi connectivity index (χ1) is 16.6. The van der Waals surface area contributed by atoms with E-state index in [9.17, 15) is 22.8 Å². The predicted octanol–water partition coefficient (Wildman–Crippen LogP) is 5.51. The first kappa shape index (κ1) is 24.1. The van der Waals surface area contributed by atoms with Crippen molar-refractivity contribution < 1.29 is 27.5 Å². The summed E-state index contributed by atoms with van der Waals surface area (Å²) in [6.45, 7) is 4.09. The monoisotopic (exact) mass is 480 g/mol. The van der Waals surface area contributed by atoms with Crippen LogP contribution in [0.15, 0.2) is 60.7 Å². The first-order valence-electron chi connectivity index (χ1n) is 10.8. The Morgan fingerprint density at radius 1 is 1.03 bits per heavy atom. The molecule has 0 atom stereocenters. The van der Waals surface area contributed by atoms with Crippen LogP contribution < -0.4 is 15.4 Å². The second-order valence-corrected chi connectivity index (χ2v) is 8.91. The third-order valence-corrected chi connectivity index (χ3v) is 5.65. The summed E-state index contributed by atoms with van der Waals surface area (Å²) in [4.78, 5) is 25.3. The fourth-order valence-electron chi connectivity index (χ4n) is 4.01. The number of allylic oxidation sites excluding steroid dienone is 1. The minimum Gasteiger partial charge on any atom is -0.497 e. The normalized spacial score (nSPS) is 15.2. The molecule has 0 radical (unpaired) electrons. The van der Waals surface area contributed by atoms with Gasteiger partial charge in [-0.2, -0.15) is 0 Å². The number of ketones is 1. The molecule has 1 aliphatic heterocycles. The van der Waals surface area contributed by atoms with Gasteiger partial charge in [-0.3, -0.25) is 9.59 Å². The second-order valence-electron chi connectivity index (χ2n) is 8.91. The zero-order chi connectivity index (χ0) is 25.3. The highest BCUT2D eigenvalue weighted by atomic mass is 19.2. The molecule has 8 heteroatoms. The second kappa shape index (κ2) is 9.29. The molecule has 5 nitrogen and oxygen atoms in total. The summed E-state index contributed by atoms with van der Waals surface area (Å²) in [7, 11) is 1.58. The van der Waals surface area contributed by atoms with Crippen molar-refractivity contribution in [1.29, 1.82) is 0 Å². The van der Waals surface area contributed by atoms with E-state index in [-0.39, 0.29) is 17.0 Å². The molecule has 0 unspecified atom stereocenters. The van der Waals surface area contributed by atoms with Crippen molar-refractivity contribution in [2.75, 3.05) is 12.4 Å². The smallest absolute Gasteiger partial charge is 0.258 e. The van der Waals surface area contributed by atoms with Crippen molar-refractivity contribution in [2.24, 2.45) is 0 Å². The van der Waals surface area contributed by atoms with E-state index < -0.39 is 28.9 Å². The van der Waals surface area contributed by atoms with Gasteiger partial charge >= 0.3 is 0 Å². The number of anilines is 1. The molecule has 0 aliphatic carbocycles. The summed E-state index contributed by atoms with van der Waals surface area (Å²) in [5.74, 6) is -4.57. The summed E-state index contributed by atoms with van der Waals surface area (Å²) < 4.78 is 46.0. The van der Waals surface area contributed by atoms with Crippen LogP contribution in [0.1, 0.15) is 45.7 Å². The van der Waals surface area contributed by atoms with Crippen LogP contribution in [0.5, 0.6) is 5.75 Å². The molecule has 1 aliphatic rings. The van der Waals surface area contributed by atoms with E-state index in [2.05, 4.69) is 10.6 Å². The van der Waals surface area contributed by atoms with Gasteiger partial charge in [0.1, 0.15) is 11.6 Å². The number of fused-ring (bicyclic) bond motifs is 1. The lowest BCUT2D eigenvalue weighted by molar-refractivity contribution is 0.101. The van der Waals surface area contributed by atoms with Gasteiger partial charge in [0.05, 0.1) is 12.7 Å². The maximum Gasteiger partial charge on any atom is 0.258 e. The van der Waals surface area contributed by atoms with Gasteiger partial charge in [-0.05, 0) is 68.3 Å². The number of hydrogen-bond donors (Lipinski definition) is 2. The number of hydrogen-bond acceptors (Lipinski definition) is 4. The highest BCUT2D eigenvalue weighted by molar-refractivity contribution is 6.09. The van der Waals surface area contributed by atoms with Crippen molar-refractivity contribution in [3.8, 4) is 5.75 Å². The fourth-order valence-corrected chi connectivity index (χ4v) is 4.01. The fraction of sp³-hybridized carbons (Fsp3) is 0.185. The molecule has 0 fully saturated rings. The predicted molar refractivity (Wildman–Crippen MR) is 127 cm³/mol. The third kappa shape index (κ3) is 5.21. The van der Waals surface area contributed by atoms with Crippen molar-refractivity contribution in [1.82, 2.24) is 5.32 Å². The van der Waals surface area contributed by atoms with E-state index >= 15 is 0 Å². The molecule has 0 bridgehead atoms. The first-order valence-corrected chi connectivity index (χ1v) is 10.8. The molecule has 3 aromatic carbocycles. The van der Waals surface area contributed by atoms with Gasteiger partial charge in [0, 0.05) is 40.2 Å². The number of ether oxygens (including phenoxy) is 1. The molecule has 0 spiro atoms. The SMILES string of the molecule is COc1ccc2c(c1)C(=CC(=O)c1ccc(NC(=O)c3cc(F)cc(F)c3F)cc1)NC(C)(C)C2. The van der Waals surface area contributed by atoms with Gasteiger partial charge in [-0.25, -0.2) is 13.2 Å². The lowest BCUT2D eigenvalue weighted by Crippen LogP contribution is -2.43. The van der Waals surface area contributed by atoms with Crippen LogP contribution in [0, 0.1) is 17.5 Å². The number of methoxy groups -OCH3 is 1. The van der Waals surface area contributed by atoms with Crippen molar-refractivity contribution >= 4 is 23.1 Å². The van der Waals surface area contributed by atoms with E-state index in [1.54, 1.807) is 7.11 Å². The largest absolute Gasteiger partial charge is 0.497 e. The van der Waals surface area contributed by atoms with Gasteiger partial charge in [-0.15, -0.1) is 0 Å². The van der Waals surface area contributed by atoms with Gasteiger partial charge in [-0.1, -0.05) is 6.07 Å². The maximum atomic E-state index is 13.9. The van der Waals surface area contributed by atoms with Gasteiger partial charge in [0.15, 0.2) is 17.4 Å². The number of amides is 1. The Morgan fingerprint density at radius 3 is 2.43 bits per heavy atom. The number of benzene rings is 3. The molecule has 0 saturated heterocycles. The van der Waals surface area contributed by atoms with E-state index in [1.165, 1.54) is 30.3 Å². The van der Waals surface area contributed by atoms with Crippen molar-refractivity contribution in [2.45, 2.75) is 25.8 Å². The zero-order valence-corrected chi connectivity index (χ0v) is 19.3. The van der Waals surface area contributed by atoms with E-state index in [1.807, 2.05) is 32.0 Å². The number of nitrogens with one attached hydrogen (secondary N) is 2. The van der Waals surface area contributed by atoms with Crippen LogP contribution in [0.3, 0.4) is 0 Å². The van der Waals surface area contributed by atoms with Crippen LogP contribution in [-0.2, 0) is 6.42 Å². The summed E-state index contributed by atoms with van der Waals surface area (Å²) in [5, 5.41) is 5.77. The van der Waals surface area contributed by atoms with Crippen LogP contribution >= 0.6 is 0 Å². The average molecular weight is 480 g/mol. The van der Waals surface area contributed by atoms with Crippen LogP contribution in [-0.4, -0.2) is 24.3 Å². The molecule has 0 aromatic heterocycles. The number of halogens is 3. The minimum atomic E-state index is -1.46. The number of carbonyl (C=O) groups excluding carboxylic acids is 2. The Bertz CT molecular complexity index is 1350.